The number of urea groups is 1. The molecule has 6 nitrogen and oxygen atoms in total. The van der Waals surface area contributed by atoms with Crippen molar-refractivity contribution in [3.8, 4) is 5.75 Å². The van der Waals surface area contributed by atoms with E-state index in [1.54, 1.807) is 16.9 Å². The number of amides is 3. The molecule has 0 atom stereocenters. The first-order chi connectivity index (χ1) is 12.7. The van der Waals surface area contributed by atoms with E-state index in [1.807, 2.05) is 54.6 Å². The van der Waals surface area contributed by atoms with Crippen molar-refractivity contribution in [3.63, 3.8) is 0 Å². The number of nitrogens with zero attached hydrogens (tertiary/aromatic N) is 2. The molecule has 136 valence electrons. The van der Waals surface area contributed by atoms with Crippen LogP contribution in [0.5, 0.6) is 5.75 Å². The summed E-state index contributed by atoms with van der Waals surface area (Å²) in [6, 6.07) is 16.7. The molecule has 1 aliphatic heterocycles. The fraction of sp³-hybridized carbons (Fsp3) is 0.300. The minimum atomic E-state index is -0.111. The zero-order chi connectivity index (χ0) is 18.4. The van der Waals surface area contributed by atoms with Crippen molar-refractivity contribution >= 4 is 11.9 Å². The lowest BCUT2D eigenvalue weighted by molar-refractivity contribution is 0.0665. The van der Waals surface area contributed by atoms with Crippen molar-refractivity contribution in [2.45, 2.75) is 6.54 Å². The highest BCUT2D eigenvalue weighted by molar-refractivity contribution is 5.94. The summed E-state index contributed by atoms with van der Waals surface area (Å²) in [5, 5.41) is 2.92. The molecule has 1 heterocycles. The molecule has 0 radical (unpaired) electrons. The molecular formula is C20H23N3O3. The molecule has 1 saturated heterocycles. The number of nitrogens with one attached hydrogen (secondary N) is 1. The van der Waals surface area contributed by atoms with Gasteiger partial charge in [-0.3, -0.25) is 4.79 Å². The molecular weight excluding hydrogens is 330 g/mol. The Bertz CT molecular complexity index is 756. The normalized spacial score (nSPS) is 14.0. The van der Waals surface area contributed by atoms with Crippen LogP contribution in [-0.2, 0) is 6.54 Å². The Morgan fingerprint density at radius 2 is 1.65 bits per heavy atom. The quantitative estimate of drug-likeness (QED) is 0.918. The highest BCUT2D eigenvalue weighted by Gasteiger charge is 2.24. The summed E-state index contributed by atoms with van der Waals surface area (Å²) in [6.07, 6.45) is 0. The van der Waals surface area contributed by atoms with E-state index in [-0.39, 0.29) is 11.9 Å². The molecule has 0 bridgehead atoms. The lowest BCUT2D eigenvalue weighted by Gasteiger charge is -2.34. The highest BCUT2D eigenvalue weighted by atomic mass is 16.5. The van der Waals surface area contributed by atoms with Crippen LogP contribution >= 0.6 is 0 Å². The van der Waals surface area contributed by atoms with Crippen LogP contribution in [0.1, 0.15) is 15.9 Å². The molecule has 0 saturated carbocycles. The summed E-state index contributed by atoms with van der Waals surface area (Å²) in [5.41, 5.74) is 1.67. The van der Waals surface area contributed by atoms with Crippen molar-refractivity contribution in [1.29, 1.82) is 0 Å². The topological polar surface area (TPSA) is 61.9 Å². The third kappa shape index (κ3) is 4.33. The maximum atomic E-state index is 12.4. The molecule has 2 aromatic carbocycles. The van der Waals surface area contributed by atoms with Gasteiger partial charge in [-0.1, -0.05) is 30.3 Å². The largest absolute Gasteiger partial charge is 0.497 e. The van der Waals surface area contributed by atoms with Gasteiger partial charge in [0.1, 0.15) is 5.75 Å². The van der Waals surface area contributed by atoms with Crippen molar-refractivity contribution in [2.24, 2.45) is 0 Å². The Hall–Kier alpha value is -3.02. The van der Waals surface area contributed by atoms with Gasteiger partial charge in [0, 0.05) is 38.3 Å². The second-order valence-corrected chi connectivity index (χ2v) is 6.16. The van der Waals surface area contributed by atoms with Gasteiger partial charge in [-0.2, -0.15) is 0 Å². The summed E-state index contributed by atoms with van der Waals surface area (Å²) in [6.45, 7) is 2.59. The summed E-state index contributed by atoms with van der Waals surface area (Å²) < 4.78 is 5.19. The Morgan fingerprint density at radius 1 is 0.962 bits per heavy atom. The first kappa shape index (κ1) is 17.8. The molecule has 0 aromatic heterocycles. The molecule has 3 rings (SSSR count). The number of methoxy groups -OCH3 is 1. The van der Waals surface area contributed by atoms with Gasteiger partial charge in [-0.05, 0) is 29.8 Å². The van der Waals surface area contributed by atoms with Crippen LogP contribution in [0.2, 0.25) is 0 Å². The lowest BCUT2D eigenvalue weighted by Crippen LogP contribution is -2.53. The standard InChI is InChI=1S/C20H23N3O3/c1-26-18-9-5-6-16(14-18)15-21-20(25)23-12-10-22(11-13-23)19(24)17-7-3-2-4-8-17/h2-9,14H,10-13,15H2,1H3,(H,21,25). The fourth-order valence-electron chi connectivity index (χ4n) is 2.95. The van der Waals surface area contributed by atoms with Gasteiger partial charge in [0.25, 0.3) is 5.91 Å². The van der Waals surface area contributed by atoms with Crippen molar-refractivity contribution in [1.82, 2.24) is 15.1 Å². The van der Waals surface area contributed by atoms with Gasteiger partial charge in [0.2, 0.25) is 0 Å². The van der Waals surface area contributed by atoms with Gasteiger partial charge >= 0.3 is 6.03 Å². The van der Waals surface area contributed by atoms with Crippen molar-refractivity contribution in [2.75, 3.05) is 33.3 Å². The first-order valence-corrected chi connectivity index (χ1v) is 8.67. The molecule has 2 aromatic rings. The van der Waals surface area contributed by atoms with Crippen LogP contribution in [0.4, 0.5) is 4.79 Å². The Balaban J connectivity index is 1.48. The maximum Gasteiger partial charge on any atom is 0.317 e. The third-order valence-electron chi connectivity index (χ3n) is 4.45. The molecule has 1 N–H and O–H groups in total. The van der Waals surface area contributed by atoms with Gasteiger partial charge in [0.05, 0.1) is 7.11 Å². The summed E-state index contributed by atoms with van der Waals surface area (Å²) in [4.78, 5) is 28.3. The van der Waals surface area contributed by atoms with E-state index in [0.717, 1.165) is 11.3 Å². The molecule has 3 amide bonds. The third-order valence-corrected chi connectivity index (χ3v) is 4.45. The number of hydrogen-bond acceptors (Lipinski definition) is 3. The predicted octanol–water partition coefficient (Wildman–Crippen LogP) is 2.36. The number of carbonyl (C=O) groups is 2. The first-order valence-electron chi connectivity index (χ1n) is 8.67. The number of rotatable bonds is 4. The molecule has 0 unspecified atom stereocenters. The predicted molar refractivity (Wildman–Crippen MR) is 99.1 cm³/mol. The highest BCUT2D eigenvalue weighted by Crippen LogP contribution is 2.13. The van der Waals surface area contributed by atoms with Crippen LogP contribution in [-0.4, -0.2) is 55.0 Å². The lowest BCUT2D eigenvalue weighted by atomic mass is 10.2. The minimum absolute atomic E-state index is 0.0158. The van der Waals surface area contributed by atoms with E-state index >= 15 is 0 Å². The van der Waals surface area contributed by atoms with E-state index < -0.39 is 0 Å². The van der Waals surface area contributed by atoms with E-state index in [2.05, 4.69) is 5.32 Å². The molecule has 0 spiro atoms. The van der Waals surface area contributed by atoms with Crippen LogP contribution in [0.15, 0.2) is 54.6 Å². The number of piperazine rings is 1. The molecule has 1 fully saturated rings. The molecule has 6 heteroatoms. The average Bonchev–Trinajstić information content (AvgIpc) is 2.72. The SMILES string of the molecule is COc1cccc(CNC(=O)N2CCN(C(=O)c3ccccc3)CC2)c1. The fourth-order valence-corrected chi connectivity index (χ4v) is 2.95. The average molecular weight is 353 g/mol. The smallest absolute Gasteiger partial charge is 0.317 e. The Morgan fingerprint density at radius 3 is 2.35 bits per heavy atom. The zero-order valence-electron chi connectivity index (χ0n) is 14.9. The van der Waals surface area contributed by atoms with E-state index in [4.69, 9.17) is 4.74 Å². The summed E-state index contributed by atoms with van der Waals surface area (Å²) >= 11 is 0. The monoisotopic (exact) mass is 353 g/mol. The maximum absolute atomic E-state index is 12.4. The second-order valence-electron chi connectivity index (χ2n) is 6.16. The molecule has 0 aliphatic carbocycles. The number of hydrogen-bond donors (Lipinski definition) is 1. The summed E-state index contributed by atoms with van der Waals surface area (Å²) in [7, 11) is 1.62. The summed E-state index contributed by atoms with van der Waals surface area (Å²) in [5.74, 6) is 0.784. The van der Waals surface area contributed by atoms with Crippen LogP contribution in [0.3, 0.4) is 0 Å². The Labute approximate surface area is 153 Å². The number of ether oxygens (including phenoxy) is 1. The van der Waals surface area contributed by atoms with Gasteiger partial charge in [-0.25, -0.2) is 4.79 Å². The number of benzene rings is 2. The zero-order valence-corrected chi connectivity index (χ0v) is 14.9. The molecule has 1 aliphatic rings. The van der Waals surface area contributed by atoms with Crippen LogP contribution in [0.25, 0.3) is 0 Å². The van der Waals surface area contributed by atoms with E-state index in [9.17, 15) is 9.59 Å². The van der Waals surface area contributed by atoms with Gasteiger partial charge in [0.15, 0.2) is 0 Å². The van der Waals surface area contributed by atoms with Crippen LogP contribution < -0.4 is 10.1 Å². The van der Waals surface area contributed by atoms with Gasteiger partial charge in [-0.15, -0.1) is 0 Å². The second kappa shape index (κ2) is 8.38. The van der Waals surface area contributed by atoms with Gasteiger partial charge < -0.3 is 19.9 Å². The minimum Gasteiger partial charge on any atom is -0.497 e. The van der Waals surface area contributed by atoms with E-state index in [0.29, 0.717) is 38.3 Å². The van der Waals surface area contributed by atoms with Crippen LogP contribution in [0, 0.1) is 0 Å². The Kier molecular flexibility index (Phi) is 5.73. The van der Waals surface area contributed by atoms with E-state index in [1.165, 1.54) is 0 Å². The molecule has 26 heavy (non-hydrogen) atoms. The number of carbonyl (C=O) groups excluding carboxylic acids is 2. The van der Waals surface area contributed by atoms with Crippen molar-refractivity contribution in [3.05, 3.63) is 65.7 Å². The van der Waals surface area contributed by atoms with Crippen molar-refractivity contribution < 1.29 is 14.3 Å².